The van der Waals surface area contributed by atoms with E-state index in [0.29, 0.717) is 28.3 Å². The zero-order valence-electron chi connectivity index (χ0n) is 15.7. The molecule has 3 aromatic carbocycles. The van der Waals surface area contributed by atoms with Crippen molar-refractivity contribution in [3.63, 3.8) is 0 Å². The number of nitrogen functional groups attached to an aromatic ring is 1. The summed E-state index contributed by atoms with van der Waals surface area (Å²) >= 11 is 1.61. The third-order valence-corrected chi connectivity index (χ3v) is 5.82. The van der Waals surface area contributed by atoms with Crippen molar-refractivity contribution < 1.29 is 9.53 Å². The largest absolute Gasteiger partial charge is 0.497 e. The molecule has 0 saturated heterocycles. The van der Waals surface area contributed by atoms with E-state index in [1.165, 1.54) is 6.21 Å². The molecular weight excluding hydrogens is 382 g/mol. The standard InChI is InChI=1S/C23H19N3O2S/c1-28-18-8-6-17(7-9-18)26-23(27)15-10-16(13-24)22(25)19(11-15)21-12-14-4-2-3-5-20(14)29-21/h2-13,24H,25H2,1H3,(H,26,27). The highest BCUT2D eigenvalue weighted by molar-refractivity contribution is 7.22. The summed E-state index contributed by atoms with van der Waals surface area (Å²) in [5.41, 5.74) is 9.18. The molecule has 29 heavy (non-hydrogen) atoms. The molecule has 5 nitrogen and oxygen atoms in total. The van der Waals surface area contributed by atoms with Gasteiger partial charge in [-0.3, -0.25) is 4.79 Å². The number of fused-ring (bicyclic) bond motifs is 1. The van der Waals surface area contributed by atoms with Crippen LogP contribution in [0.2, 0.25) is 0 Å². The first kappa shape index (κ1) is 18.7. The number of hydrogen-bond donors (Lipinski definition) is 3. The van der Waals surface area contributed by atoms with Gasteiger partial charge >= 0.3 is 0 Å². The third kappa shape index (κ3) is 3.70. The van der Waals surface area contributed by atoms with Crippen molar-refractivity contribution in [1.82, 2.24) is 0 Å². The zero-order valence-corrected chi connectivity index (χ0v) is 16.5. The molecule has 144 valence electrons. The number of carbonyl (C=O) groups is 1. The average Bonchev–Trinajstić information content (AvgIpc) is 3.18. The van der Waals surface area contributed by atoms with E-state index in [1.54, 1.807) is 54.8 Å². The summed E-state index contributed by atoms with van der Waals surface area (Å²) in [5, 5.41) is 11.7. The number of benzene rings is 3. The summed E-state index contributed by atoms with van der Waals surface area (Å²) in [7, 11) is 1.59. The predicted molar refractivity (Wildman–Crippen MR) is 121 cm³/mol. The van der Waals surface area contributed by atoms with Gasteiger partial charge in [0.05, 0.1) is 7.11 Å². The smallest absolute Gasteiger partial charge is 0.255 e. The Labute approximate surface area is 172 Å². The van der Waals surface area contributed by atoms with Crippen LogP contribution in [0.1, 0.15) is 15.9 Å². The molecule has 0 bridgehead atoms. The van der Waals surface area contributed by atoms with Gasteiger partial charge in [0.25, 0.3) is 5.91 Å². The second-order valence-electron chi connectivity index (χ2n) is 6.50. The van der Waals surface area contributed by atoms with Crippen molar-refractivity contribution in [2.24, 2.45) is 0 Å². The molecule has 0 spiro atoms. The Morgan fingerprint density at radius 3 is 2.55 bits per heavy atom. The van der Waals surface area contributed by atoms with Gasteiger partial charge in [-0.2, -0.15) is 0 Å². The van der Waals surface area contributed by atoms with E-state index < -0.39 is 0 Å². The van der Waals surface area contributed by atoms with Crippen LogP contribution in [0, 0.1) is 5.41 Å². The fourth-order valence-corrected chi connectivity index (χ4v) is 4.22. The molecule has 0 aliphatic heterocycles. The maximum atomic E-state index is 12.8. The maximum absolute atomic E-state index is 12.8. The summed E-state index contributed by atoms with van der Waals surface area (Å²) in [5.74, 6) is 0.453. The number of ether oxygens (including phenoxy) is 1. The van der Waals surface area contributed by atoms with Gasteiger partial charge in [-0.05, 0) is 53.9 Å². The molecule has 4 aromatic rings. The molecule has 4 rings (SSSR count). The topological polar surface area (TPSA) is 88.2 Å². The highest BCUT2D eigenvalue weighted by Gasteiger charge is 2.15. The molecule has 0 fully saturated rings. The van der Waals surface area contributed by atoms with Gasteiger partial charge in [0.2, 0.25) is 0 Å². The molecule has 1 aromatic heterocycles. The summed E-state index contributed by atoms with van der Waals surface area (Å²) in [4.78, 5) is 13.8. The number of nitrogens with two attached hydrogens (primary N) is 1. The quantitative estimate of drug-likeness (QED) is 0.309. The van der Waals surface area contributed by atoms with Gasteiger partial charge in [0.1, 0.15) is 5.75 Å². The lowest BCUT2D eigenvalue weighted by atomic mass is 10.0. The normalized spacial score (nSPS) is 10.7. The molecule has 4 N–H and O–H groups in total. The summed E-state index contributed by atoms with van der Waals surface area (Å²) in [6.07, 6.45) is 1.18. The molecule has 0 aliphatic carbocycles. The number of carbonyl (C=O) groups excluding carboxylic acids is 1. The summed E-state index contributed by atoms with van der Waals surface area (Å²) in [6, 6.07) is 20.7. The first-order valence-electron chi connectivity index (χ1n) is 8.97. The molecule has 1 heterocycles. The van der Waals surface area contributed by atoms with Crippen LogP contribution >= 0.6 is 11.3 Å². The average molecular weight is 401 g/mol. The number of methoxy groups -OCH3 is 1. The van der Waals surface area contributed by atoms with Crippen molar-refractivity contribution in [3.8, 4) is 16.2 Å². The van der Waals surface area contributed by atoms with Crippen LogP contribution in [0.5, 0.6) is 5.75 Å². The van der Waals surface area contributed by atoms with Crippen LogP contribution in [-0.2, 0) is 0 Å². The minimum atomic E-state index is -0.263. The summed E-state index contributed by atoms with van der Waals surface area (Å²) < 4.78 is 6.29. The van der Waals surface area contributed by atoms with Crippen LogP contribution in [0.4, 0.5) is 11.4 Å². The molecule has 0 radical (unpaired) electrons. The minimum Gasteiger partial charge on any atom is -0.497 e. The van der Waals surface area contributed by atoms with E-state index in [-0.39, 0.29) is 5.91 Å². The highest BCUT2D eigenvalue weighted by Crippen LogP contribution is 2.38. The number of rotatable bonds is 5. The van der Waals surface area contributed by atoms with Gasteiger partial charge in [-0.25, -0.2) is 0 Å². The molecule has 0 saturated carbocycles. The highest BCUT2D eigenvalue weighted by atomic mass is 32.1. The van der Waals surface area contributed by atoms with E-state index in [1.807, 2.05) is 18.2 Å². The number of anilines is 2. The zero-order chi connectivity index (χ0) is 20.4. The molecular formula is C23H19N3O2S. The minimum absolute atomic E-state index is 0.263. The second-order valence-corrected chi connectivity index (χ2v) is 7.59. The number of thiophene rings is 1. The number of nitrogens with one attached hydrogen (secondary N) is 2. The van der Waals surface area contributed by atoms with Crippen molar-refractivity contribution in [3.05, 3.63) is 77.9 Å². The molecule has 0 aliphatic rings. The SMILES string of the molecule is COc1ccc(NC(=O)c2cc(C=N)c(N)c(-c3cc4ccccc4s3)c2)cc1. The summed E-state index contributed by atoms with van der Waals surface area (Å²) in [6.45, 7) is 0. The van der Waals surface area contributed by atoms with Crippen LogP contribution in [0.25, 0.3) is 20.5 Å². The van der Waals surface area contributed by atoms with E-state index in [4.69, 9.17) is 15.9 Å². The molecule has 0 unspecified atom stereocenters. The first-order chi connectivity index (χ1) is 14.1. The molecule has 1 amide bonds. The third-order valence-electron chi connectivity index (χ3n) is 4.67. The van der Waals surface area contributed by atoms with Crippen LogP contribution < -0.4 is 15.8 Å². The fraction of sp³-hybridized carbons (Fsp3) is 0.0435. The molecule has 6 heteroatoms. The Balaban J connectivity index is 1.72. The van der Waals surface area contributed by atoms with E-state index in [2.05, 4.69) is 17.4 Å². The fourth-order valence-electron chi connectivity index (χ4n) is 3.12. The number of hydrogen-bond acceptors (Lipinski definition) is 5. The van der Waals surface area contributed by atoms with E-state index >= 15 is 0 Å². The lowest BCUT2D eigenvalue weighted by molar-refractivity contribution is 0.102. The van der Waals surface area contributed by atoms with Gasteiger partial charge < -0.3 is 21.2 Å². The lowest BCUT2D eigenvalue weighted by Crippen LogP contribution is -2.13. The van der Waals surface area contributed by atoms with Crippen molar-refractivity contribution in [1.29, 1.82) is 5.41 Å². The van der Waals surface area contributed by atoms with Gasteiger partial charge in [0.15, 0.2) is 0 Å². The lowest BCUT2D eigenvalue weighted by Gasteiger charge is -2.11. The Bertz CT molecular complexity index is 1180. The Morgan fingerprint density at radius 1 is 1.10 bits per heavy atom. The molecule has 0 atom stereocenters. The Kier molecular flexibility index (Phi) is 5.01. The maximum Gasteiger partial charge on any atom is 0.255 e. The van der Waals surface area contributed by atoms with Gasteiger partial charge in [0, 0.05) is 43.9 Å². The van der Waals surface area contributed by atoms with Gasteiger partial charge in [-0.15, -0.1) is 11.3 Å². The first-order valence-corrected chi connectivity index (χ1v) is 9.79. The van der Waals surface area contributed by atoms with E-state index in [9.17, 15) is 4.79 Å². The number of amides is 1. The van der Waals surface area contributed by atoms with Crippen LogP contribution in [0.15, 0.2) is 66.7 Å². The second kappa shape index (κ2) is 7.77. The van der Waals surface area contributed by atoms with Crippen molar-refractivity contribution >= 4 is 44.9 Å². The Morgan fingerprint density at radius 2 is 1.86 bits per heavy atom. The van der Waals surface area contributed by atoms with Crippen LogP contribution in [-0.4, -0.2) is 19.2 Å². The van der Waals surface area contributed by atoms with E-state index in [0.717, 1.165) is 20.5 Å². The van der Waals surface area contributed by atoms with Crippen molar-refractivity contribution in [2.45, 2.75) is 0 Å². The monoisotopic (exact) mass is 401 g/mol. The van der Waals surface area contributed by atoms with Gasteiger partial charge in [-0.1, -0.05) is 18.2 Å². The van der Waals surface area contributed by atoms with Crippen LogP contribution in [0.3, 0.4) is 0 Å². The Hall–Kier alpha value is -3.64. The van der Waals surface area contributed by atoms with Crippen molar-refractivity contribution in [2.75, 3.05) is 18.2 Å². The predicted octanol–water partition coefficient (Wildman–Crippen LogP) is 5.41.